The van der Waals surface area contributed by atoms with E-state index in [1.807, 2.05) is 42.5 Å². The standard InChI is InChI=1S/C17H20Cl2N2O/c18-14-7-6-13(8-15(14)19)10-21-11-17(22)16(20)9-12-4-2-1-3-5-12/h1-8,16-17,21-22H,9-11,20H2/t16-,17+/m0/s1. The van der Waals surface area contributed by atoms with Gasteiger partial charge in [-0.3, -0.25) is 0 Å². The molecule has 0 heterocycles. The van der Waals surface area contributed by atoms with Gasteiger partial charge in [0.05, 0.1) is 16.1 Å². The third-order valence-corrected chi connectivity index (χ3v) is 4.21. The maximum atomic E-state index is 10.1. The van der Waals surface area contributed by atoms with Crippen molar-refractivity contribution in [1.82, 2.24) is 5.32 Å². The summed E-state index contributed by atoms with van der Waals surface area (Å²) in [5, 5.41) is 14.4. The fourth-order valence-electron chi connectivity index (χ4n) is 2.19. The summed E-state index contributed by atoms with van der Waals surface area (Å²) >= 11 is 11.8. The minimum absolute atomic E-state index is 0.302. The Bertz CT molecular complexity index is 592. The second kappa shape index (κ2) is 8.51. The molecule has 0 fully saturated rings. The summed E-state index contributed by atoms with van der Waals surface area (Å²) in [6, 6.07) is 15.1. The Hall–Kier alpha value is -1.10. The first kappa shape index (κ1) is 17.3. The predicted molar refractivity (Wildman–Crippen MR) is 92.3 cm³/mol. The summed E-state index contributed by atoms with van der Waals surface area (Å²) in [6.07, 6.45) is 0.0409. The summed E-state index contributed by atoms with van der Waals surface area (Å²) in [7, 11) is 0. The fourth-order valence-corrected chi connectivity index (χ4v) is 2.51. The molecule has 2 aromatic rings. The minimum Gasteiger partial charge on any atom is -0.390 e. The second-order valence-electron chi connectivity index (χ2n) is 5.30. The van der Waals surface area contributed by atoms with Gasteiger partial charge in [0.25, 0.3) is 0 Å². The van der Waals surface area contributed by atoms with E-state index in [0.717, 1.165) is 11.1 Å². The van der Waals surface area contributed by atoms with Gasteiger partial charge in [0, 0.05) is 19.1 Å². The van der Waals surface area contributed by atoms with Crippen molar-refractivity contribution in [2.75, 3.05) is 6.54 Å². The van der Waals surface area contributed by atoms with Gasteiger partial charge in [-0.05, 0) is 29.7 Å². The first-order chi connectivity index (χ1) is 10.6. The second-order valence-corrected chi connectivity index (χ2v) is 6.11. The first-order valence-corrected chi connectivity index (χ1v) is 7.94. The van der Waals surface area contributed by atoms with Crippen molar-refractivity contribution >= 4 is 23.2 Å². The lowest BCUT2D eigenvalue weighted by Crippen LogP contribution is -2.42. The molecule has 0 amide bonds. The monoisotopic (exact) mass is 338 g/mol. The van der Waals surface area contributed by atoms with Gasteiger partial charge < -0.3 is 16.2 Å². The van der Waals surface area contributed by atoms with Crippen molar-refractivity contribution in [2.45, 2.75) is 25.1 Å². The van der Waals surface area contributed by atoms with Crippen LogP contribution in [-0.2, 0) is 13.0 Å². The lowest BCUT2D eigenvalue weighted by atomic mass is 10.0. The van der Waals surface area contributed by atoms with E-state index >= 15 is 0 Å². The SMILES string of the molecule is N[C@@H](Cc1ccccc1)[C@H](O)CNCc1ccc(Cl)c(Cl)c1. The molecule has 0 aromatic heterocycles. The van der Waals surface area contributed by atoms with Crippen molar-refractivity contribution in [1.29, 1.82) is 0 Å². The first-order valence-electron chi connectivity index (χ1n) is 7.18. The maximum absolute atomic E-state index is 10.1. The van der Waals surface area contributed by atoms with Crippen molar-refractivity contribution in [3.63, 3.8) is 0 Å². The molecule has 0 spiro atoms. The average Bonchev–Trinajstić information content (AvgIpc) is 2.51. The molecule has 5 heteroatoms. The van der Waals surface area contributed by atoms with Gasteiger partial charge in [-0.15, -0.1) is 0 Å². The molecule has 0 aliphatic heterocycles. The lowest BCUT2D eigenvalue weighted by molar-refractivity contribution is 0.141. The van der Waals surface area contributed by atoms with E-state index in [9.17, 15) is 5.11 Å². The number of nitrogens with one attached hydrogen (secondary N) is 1. The van der Waals surface area contributed by atoms with Crippen LogP contribution in [0.2, 0.25) is 10.0 Å². The van der Waals surface area contributed by atoms with Crippen molar-refractivity contribution in [3.8, 4) is 0 Å². The van der Waals surface area contributed by atoms with Crippen LogP contribution < -0.4 is 11.1 Å². The number of benzene rings is 2. The Morgan fingerprint density at radius 1 is 1.00 bits per heavy atom. The van der Waals surface area contributed by atoms with Crippen LogP contribution in [0.15, 0.2) is 48.5 Å². The smallest absolute Gasteiger partial charge is 0.0818 e. The number of hydrogen-bond donors (Lipinski definition) is 3. The van der Waals surface area contributed by atoms with E-state index in [1.165, 1.54) is 0 Å². The molecule has 2 atom stereocenters. The molecule has 4 N–H and O–H groups in total. The molecule has 0 bridgehead atoms. The lowest BCUT2D eigenvalue weighted by Gasteiger charge is -2.19. The van der Waals surface area contributed by atoms with Crippen molar-refractivity contribution in [2.24, 2.45) is 5.73 Å². The highest BCUT2D eigenvalue weighted by Gasteiger charge is 2.14. The Balaban J connectivity index is 1.77. The van der Waals surface area contributed by atoms with Crippen LogP contribution in [0.5, 0.6) is 0 Å². The number of hydrogen-bond acceptors (Lipinski definition) is 3. The Morgan fingerprint density at radius 3 is 2.41 bits per heavy atom. The summed E-state index contributed by atoms with van der Waals surface area (Å²) in [5.41, 5.74) is 8.18. The van der Waals surface area contributed by atoms with Crippen molar-refractivity contribution in [3.05, 3.63) is 69.7 Å². The van der Waals surface area contributed by atoms with E-state index < -0.39 is 6.10 Å². The summed E-state index contributed by atoms with van der Waals surface area (Å²) in [6.45, 7) is 1.03. The Labute approximate surface area is 141 Å². The van der Waals surface area contributed by atoms with Crippen LogP contribution in [0.25, 0.3) is 0 Å². The van der Waals surface area contributed by atoms with Crippen LogP contribution in [0.4, 0.5) is 0 Å². The molecule has 22 heavy (non-hydrogen) atoms. The van der Waals surface area contributed by atoms with Crippen LogP contribution in [-0.4, -0.2) is 23.8 Å². The third kappa shape index (κ3) is 5.27. The quantitative estimate of drug-likeness (QED) is 0.727. The molecule has 3 nitrogen and oxygen atoms in total. The van der Waals surface area contributed by atoms with Gasteiger partial charge in [0.1, 0.15) is 0 Å². The molecule has 0 radical (unpaired) electrons. The van der Waals surface area contributed by atoms with Crippen molar-refractivity contribution < 1.29 is 5.11 Å². The zero-order chi connectivity index (χ0) is 15.9. The molecule has 0 saturated heterocycles. The van der Waals surface area contributed by atoms with Crippen LogP contribution in [0, 0.1) is 0 Å². The molecule has 2 aromatic carbocycles. The Morgan fingerprint density at radius 2 is 1.73 bits per heavy atom. The molecule has 0 aliphatic carbocycles. The predicted octanol–water partition coefficient (Wildman–Crippen LogP) is 3.01. The zero-order valence-electron chi connectivity index (χ0n) is 12.2. The minimum atomic E-state index is -0.608. The molecule has 0 unspecified atom stereocenters. The number of aliphatic hydroxyl groups excluding tert-OH is 1. The zero-order valence-corrected chi connectivity index (χ0v) is 13.7. The molecule has 118 valence electrons. The number of nitrogens with two attached hydrogens (primary N) is 1. The number of halogens is 2. The highest BCUT2D eigenvalue weighted by Crippen LogP contribution is 2.22. The third-order valence-electron chi connectivity index (χ3n) is 3.48. The highest BCUT2D eigenvalue weighted by atomic mass is 35.5. The average molecular weight is 339 g/mol. The molecular weight excluding hydrogens is 319 g/mol. The normalized spacial score (nSPS) is 13.8. The van der Waals surface area contributed by atoms with E-state index in [4.69, 9.17) is 28.9 Å². The van der Waals surface area contributed by atoms with Crippen LogP contribution in [0.3, 0.4) is 0 Å². The van der Waals surface area contributed by atoms with Gasteiger partial charge in [-0.25, -0.2) is 0 Å². The largest absolute Gasteiger partial charge is 0.390 e. The molecular formula is C17H20Cl2N2O. The van der Waals surface area contributed by atoms with Gasteiger partial charge in [0.15, 0.2) is 0 Å². The highest BCUT2D eigenvalue weighted by molar-refractivity contribution is 6.42. The number of rotatable bonds is 7. The number of aliphatic hydroxyl groups is 1. The van der Waals surface area contributed by atoms with Gasteiger partial charge in [0.2, 0.25) is 0 Å². The molecule has 2 rings (SSSR count). The van der Waals surface area contributed by atoms with E-state index in [-0.39, 0.29) is 6.04 Å². The van der Waals surface area contributed by atoms with Gasteiger partial charge in [-0.1, -0.05) is 59.6 Å². The summed E-state index contributed by atoms with van der Waals surface area (Å²) in [4.78, 5) is 0. The maximum Gasteiger partial charge on any atom is 0.0818 e. The van der Waals surface area contributed by atoms with Crippen LogP contribution >= 0.6 is 23.2 Å². The van der Waals surface area contributed by atoms with E-state index in [1.54, 1.807) is 6.07 Å². The van der Waals surface area contributed by atoms with E-state index in [0.29, 0.717) is 29.6 Å². The Kier molecular flexibility index (Phi) is 6.68. The fraction of sp³-hybridized carbons (Fsp3) is 0.294. The summed E-state index contributed by atoms with van der Waals surface area (Å²) < 4.78 is 0. The van der Waals surface area contributed by atoms with Gasteiger partial charge in [-0.2, -0.15) is 0 Å². The molecule has 0 saturated carbocycles. The summed E-state index contributed by atoms with van der Waals surface area (Å²) in [5.74, 6) is 0. The van der Waals surface area contributed by atoms with Crippen LogP contribution in [0.1, 0.15) is 11.1 Å². The topological polar surface area (TPSA) is 58.3 Å². The van der Waals surface area contributed by atoms with E-state index in [2.05, 4.69) is 5.32 Å². The van der Waals surface area contributed by atoms with Gasteiger partial charge >= 0.3 is 0 Å². The molecule has 0 aliphatic rings.